The van der Waals surface area contributed by atoms with Gasteiger partial charge in [-0.1, -0.05) is 439 Å². The number of aliphatic hydroxyl groups excluding tert-OH is 1. The highest BCUT2D eigenvalue weighted by atomic mass is 31.2. The quantitative estimate of drug-likeness (QED) is 0.0222. The smallest absolute Gasteiger partial charge is 0.462 e. The monoisotopic (exact) mass is 1590 g/mol. The van der Waals surface area contributed by atoms with E-state index in [1.165, 1.54) is 315 Å². The van der Waals surface area contributed by atoms with Crippen molar-refractivity contribution in [1.82, 2.24) is 0 Å². The molecule has 109 heavy (non-hydrogen) atoms. The molecule has 0 saturated heterocycles. The van der Waals surface area contributed by atoms with Gasteiger partial charge < -0.3 is 33.8 Å². The van der Waals surface area contributed by atoms with E-state index in [0.29, 0.717) is 25.7 Å². The van der Waals surface area contributed by atoms with Crippen LogP contribution in [0, 0.1) is 5.92 Å². The van der Waals surface area contributed by atoms with Crippen LogP contribution in [0.2, 0.25) is 0 Å². The van der Waals surface area contributed by atoms with Crippen LogP contribution in [0.1, 0.15) is 490 Å². The van der Waals surface area contributed by atoms with Gasteiger partial charge in [-0.2, -0.15) is 0 Å². The maximum absolute atomic E-state index is 13.2. The average Bonchev–Trinajstić information content (AvgIpc) is 0.899. The zero-order valence-corrected chi connectivity index (χ0v) is 73.5. The molecule has 0 fully saturated rings. The van der Waals surface area contributed by atoms with Crippen LogP contribution >= 0.6 is 15.6 Å². The van der Waals surface area contributed by atoms with E-state index < -0.39 is 97.5 Å². The van der Waals surface area contributed by atoms with Crippen molar-refractivity contribution in [2.24, 2.45) is 5.92 Å². The molecule has 0 spiro atoms. The first kappa shape index (κ1) is 107. The van der Waals surface area contributed by atoms with Crippen molar-refractivity contribution in [1.29, 1.82) is 0 Å². The van der Waals surface area contributed by atoms with Gasteiger partial charge in [0, 0.05) is 25.7 Å². The Labute approximate surface area is 670 Å². The molecular formula is C90H176O17P2. The molecule has 0 amide bonds. The van der Waals surface area contributed by atoms with Gasteiger partial charge in [-0.25, -0.2) is 9.13 Å². The number of aliphatic hydroxyl groups is 1. The molecule has 5 atom stereocenters. The van der Waals surface area contributed by atoms with Crippen LogP contribution in [0.3, 0.4) is 0 Å². The normalized spacial score (nSPS) is 13.7. The maximum atomic E-state index is 13.2. The molecule has 0 rings (SSSR count). The summed E-state index contributed by atoms with van der Waals surface area (Å²) in [6.45, 7) is 7.43. The standard InChI is InChI=1S/C90H176O17P2/c1-6-9-12-15-18-21-24-27-29-30-31-32-33-34-35-41-46-51-56-61-66-71-76-90(95)107-86(80-101-88(93)74-69-64-59-54-49-44-40-37-36-39-43-47-52-57-62-67-72-83(4)5)82-105-109(98,99)103-78-84(91)77-102-108(96,97)104-81-85(79-100-87(92)73-68-63-58-53-48-42-26-23-20-17-14-11-8-3)106-89(94)75-70-65-60-55-50-45-38-28-25-22-19-16-13-10-7-2/h83-86,91H,6-82H2,1-5H3,(H,96,97)(H,98,99)/t84-,85+,86+/m0/s1. The van der Waals surface area contributed by atoms with Crippen LogP contribution in [0.15, 0.2) is 0 Å². The summed E-state index contributed by atoms with van der Waals surface area (Å²) in [5.74, 6) is -1.28. The summed E-state index contributed by atoms with van der Waals surface area (Å²) in [4.78, 5) is 73.4. The highest BCUT2D eigenvalue weighted by Crippen LogP contribution is 2.45. The van der Waals surface area contributed by atoms with Crippen LogP contribution in [-0.2, 0) is 65.4 Å². The Balaban J connectivity index is 5.24. The fraction of sp³-hybridized carbons (Fsp3) is 0.956. The van der Waals surface area contributed by atoms with Crippen LogP contribution in [0.4, 0.5) is 0 Å². The number of hydrogen-bond acceptors (Lipinski definition) is 15. The average molecular weight is 1590 g/mol. The summed E-state index contributed by atoms with van der Waals surface area (Å²) in [7, 11) is -9.93. The molecule has 0 radical (unpaired) electrons. The first-order chi connectivity index (χ1) is 53.0. The van der Waals surface area contributed by atoms with Crippen LogP contribution in [-0.4, -0.2) is 96.7 Å². The van der Waals surface area contributed by atoms with E-state index in [4.69, 9.17) is 37.0 Å². The second kappa shape index (κ2) is 82.6. The van der Waals surface area contributed by atoms with Crippen molar-refractivity contribution in [3.05, 3.63) is 0 Å². The second-order valence-corrected chi connectivity index (χ2v) is 35.7. The third-order valence-electron chi connectivity index (χ3n) is 21.3. The Morgan fingerprint density at radius 3 is 0.624 bits per heavy atom. The number of rotatable bonds is 90. The minimum absolute atomic E-state index is 0.109. The minimum Gasteiger partial charge on any atom is -0.462 e. The van der Waals surface area contributed by atoms with Crippen molar-refractivity contribution in [3.8, 4) is 0 Å². The van der Waals surface area contributed by atoms with Gasteiger partial charge in [0.1, 0.15) is 19.3 Å². The first-order valence-corrected chi connectivity index (χ1v) is 49.6. The first-order valence-electron chi connectivity index (χ1n) is 46.6. The maximum Gasteiger partial charge on any atom is 0.472 e. The zero-order chi connectivity index (χ0) is 79.7. The van der Waals surface area contributed by atoms with Crippen molar-refractivity contribution in [2.45, 2.75) is 509 Å². The van der Waals surface area contributed by atoms with E-state index in [1.807, 2.05) is 0 Å². The van der Waals surface area contributed by atoms with Crippen molar-refractivity contribution < 1.29 is 80.2 Å². The predicted molar refractivity (Wildman–Crippen MR) is 451 cm³/mol. The van der Waals surface area contributed by atoms with Gasteiger partial charge in [-0.05, 0) is 31.6 Å². The number of carbonyl (C=O) groups excluding carboxylic acids is 4. The second-order valence-electron chi connectivity index (χ2n) is 32.8. The van der Waals surface area contributed by atoms with Gasteiger partial charge >= 0.3 is 39.5 Å². The Morgan fingerprint density at radius 1 is 0.248 bits per heavy atom. The minimum atomic E-state index is -4.97. The number of esters is 4. The summed E-state index contributed by atoms with van der Waals surface area (Å²) >= 11 is 0. The van der Waals surface area contributed by atoms with Gasteiger partial charge in [-0.15, -0.1) is 0 Å². The Hall–Kier alpha value is -1.94. The number of ether oxygens (including phenoxy) is 4. The van der Waals surface area contributed by atoms with Gasteiger partial charge in [0.15, 0.2) is 12.2 Å². The van der Waals surface area contributed by atoms with Crippen LogP contribution < -0.4 is 0 Å². The van der Waals surface area contributed by atoms with E-state index >= 15 is 0 Å². The van der Waals surface area contributed by atoms with Gasteiger partial charge in [0.25, 0.3) is 0 Å². The third-order valence-corrected chi connectivity index (χ3v) is 23.2. The summed E-state index contributed by atoms with van der Waals surface area (Å²) in [6.07, 6.45) is 77.8. The molecule has 0 aliphatic heterocycles. The van der Waals surface area contributed by atoms with E-state index in [-0.39, 0.29) is 25.7 Å². The number of hydrogen-bond donors (Lipinski definition) is 3. The van der Waals surface area contributed by atoms with E-state index in [1.54, 1.807) is 0 Å². The molecule has 0 heterocycles. The molecule has 0 saturated carbocycles. The van der Waals surface area contributed by atoms with Crippen LogP contribution in [0.5, 0.6) is 0 Å². The number of unbranched alkanes of at least 4 members (excludes halogenated alkanes) is 62. The molecule has 0 aliphatic carbocycles. The highest BCUT2D eigenvalue weighted by molar-refractivity contribution is 7.47. The summed E-state index contributed by atoms with van der Waals surface area (Å²) in [6, 6.07) is 0. The Kier molecular flexibility index (Phi) is 81.1. The fourth-order valence-electron chi connectivity index (χ4n) is 14.2. The van der Waals surface area contributed by atoms with Gasteiger partial charge in [0.2, 0.25) is 0 Å². The Bertz CT molecular complexity index is 2070. The lowest BCUT2D eigenvalue weighted by Crippen LogP contribution is -2.30. The third kappa shape index (κ3) is 83.8. The van der Waals surface area contributed by atoms with Crippen molar-refractivity contribution in [3.63, 3.8) is 0 Å². The molecule has 0 aliphatic rings. The van der Waals surface area contributed by atoms with Gasteiger partial charge in [0.05, 0.1) is 26.4 Å². The molecule has 0 aromatic carbocycles. The number of phosphoric ester groups is 2. The largest absolute Gasteiger partial charge is 0.472 e. The van der Waals surface area contributed by atoms with Gasteiger partial charge in [-0.3, -0.25) is 37.3 Å². The van der Waals surface area contributed by atoms with E-state index in [0.717, 1.165) is 95.8 Å². The number of phosphoric acid groups is 2. The molecular weight excluding hydrogens is 1410 g/mol. The van der Waals surface area contributed by atoms with Crippen LogP contribution in [0.25, 0.3) is 0 Å². The summed E-state index contributed by atoms with van der Waals surface area (Å²) < 4.78 is 69.1. The fourth-order valence-corrected chi connectivity index (χ4v) is 15.8. The molecule has 0 aromatic heterocycles. The molecule has 2 unspecified atom stereocenters. The number of carbonyl (C=O) groups is 4. The SMILES string of the molecule is CCCCCCCCCCCCCCCCCCCCCCCCC(=O)O[C@H](COC(=O)CCCCCCCCCCCCCCCCCCC(C)C)COP(=O)(O)OC[C@@H](O)COP(=O)(O)OC[C@@H](COC(=O)CCCCCCCCCCCCCCC)OC(=O)CCCCCCCCCCCCCCCCC. The molecule has 0 bridgehead atoms. The van der Waals surface area contributed by atoms with Crippen molar-refractivity contribution in [2.75, 3.05) is 39.6 Å². The highest BCUT2D eigenvalue weighted by Gasteiger charge is 2.31. The lowest BCUT2D eigenvalue weighted by atomic mass is 10.0. The molecule has 19 heteroatoms. The molecule has 17 nitrogen and oxygen atoms in total. The molecule has 0 aromatic rings. The molecule has 648 valence electrons. The summed E-state index contributed by atoms with van der Waals surface area (Å²) in [5.41, 5.74) is 0. The predicted octanol–water partition coefficient (Wildman–Crippen LogP) is 27.9. The zero-order valence-electron chi connectivity index (χ0n) is 71.7. The summed E-state index contributed by atoms with van der Waals surface area (Å²) in [5, 5.41) is 10.7. The lowest BCUT2D eigenvalue weighted by Gasteiger charge is -2.21. The van der Waals surface area contributed by atoms with Crippen molar-refractivity contribution >= 4 is 39.5 Å². The lowest BCUT2D eigenvalue weighted by molar-refractivity contribution is -0.161. The molecule has 3 N–H and O–H groups in total. The van der Waals surface area contributed by atoms with E-state index in [2.05, 4.69) is 34.6 Å². The Morgan fingerprint density at radius 2 is 0.422 bits per heavy atom. The van der Waals surface area contributed by atoms with E-state index in [9.17, 15) is 43.2 Å². The topological polar surface area (TPSA) is 237 Å².